The fourth-order valence-corrected chi connectivity index (χ4v) is 4.18. The van der Waals surface area contributed by atoms with Crippen LogP contribution in [0.25, 0.3) is 11.3 Å². The molecule has 0 saturated carbocycles. The fraction of sp³-hybridized carbons (Fsp3) is 0.269. The zero-order chi connectivity index (χ0) is 23.2. The Balaban J connectivity index is 1.64. The summed E-state index contributed by atoms with van der Waals surface area (Å²) < 4.78 is 5.50. The van der Waals surface area contributed by atoms with E-state index in [1.165, 1.54) is 31.0 Å². The van der Waals surface area contributed by atoms with Crippen molar-refractivity contribution in [2.75, 3.05) is 30.4 Å². The van der Waals surface area contributed by atoms with E-state index in [-0.39, 0.29) is 12.2 Å². The highest BCUT2D eigenvalue weighted by Crippen LogP contribution is 2.35. The summed E-state index contributed by atoms with van der Waals surface area (Å²) in [7, 11) is 1.57. The van der Waals surface area contributed by atoms with Crippen LogP contribution in [0.3, 0.4) is 0 Å². The Morgan fingerprint density at radius 2 is 2.03 bits per heavy atom. The molecule has 0 spiro atoms. The van der Waals surface area contributed by atoms with Crippen LogP contribution in [0.2, 0.25) is 5.02 Å². The Labute approximate surface area is 199 Å². The van der Waals surface area contributed by atoms with Gasteiger partial charge in [0.25, 0.3) is 0 Å². The van der Waals surface area contributed by atoms with Crippen molar-refractivity contribution in [1.82, 2.24) is 9.97 Å². The number of hydrogen-bond acceptors (Lipinski definition) is 6. The molecule has 0 bridgehead atoms. The Kier molecular flexibility index (Phi) is 7.25. The van der Waals surface area contributed by atoms with Crippen molar-refractivity contribution in [2.24, 2.45) is 0 Å². The topological polar surface area (TPSA) is 67.4 Å². The number of nitrogens with one attached hydrogen (secondary N) is 1. The third-order valence-electron chi connectivity index (χ3n) is 5.69. The Hall–Kier alpha value is -3.38. The van der Waals surface area contributed by atoms with Crippen LogP contribution >= 0.6 is 11.6 Å². The number of carbonyl (C=O) groups excluding carboxylic acids is 1. The van der Waals surface area contributed by atoms with Crippen LogP contribution in [0.15, 0.2) is 61.3 Å². The number of methoxy groups -OCH3 is 1. The second-order valence-electron chi connectivity index (χ2n) is 8.00. The average Bonchev–Trinajstić information content (AvgIpc) is 2.86. The molecule has 7 heteroatoms. The predicted molar refractivity (Wildman–Crippen MR) is 134 cm³/mol. The van der Waals surface area contributed by atoms with Crippen molar-refractivity contribution in [2.45, 2.75) is 25.7 Å². The Morgan fingerprint density at radius 3 is 2.79 bits per heavy atom. The van der Waals surface area contributed by atoms with Gasteiger partial charge in [-0.1, -0.05) is 30.3 Å². The van der Waals surface area contributed by atoms with Crippen molar-refractivity contribution < 1.29 is 9.53 Å². The first kappa shape index (κ1) is 22.8. The molecule has 0 amide bonds. The van der Waals surface area contributed by atoms with Crippen LogP contribution in [0, 0.1) is 0 Å². The molecule has 1 saturated heterocycles. The predicted octanol–water partition coefficient (Wildman–Crippen LogP) is 5.84. The van der Waals surface area contributed by atoms with E-state index in [2.05, 4.69) is 33.9 Å². The summed E-state index contributed by atoms with van der Waals surface area (Å²) in [6, 6.07) is 13.7. The standard InChI is InChI=1S/C26H27ClN4O2/c1-3-21(32)14-18-10-11-23(27)22(15-18)25-24(33-2)17-28-26(30-25)29-19-8-7-9-20(16-19)31-12-5-4-6-13-31/h3,7-11,15-17H,1,4-6,12-14H2,2H3,(H,28,29,30). The van der Waals surface area contributed by atoms with Gasteiger partial charge in [0.2, 0.25) is 5.95 Å². The molecule has 1 aliphatic heterocycles. The second kappa shape index (κ2) is 10.5. The number of aromatic nitrogens is 2. The van der Waals surface area contributed by atoms with E-state index >= 15 is 0 Å². The van der Waals surface area contributed by atoms with Crippen LogP contribution in [0.5, 0.6) is 5.75 Å². The van der Waals surface area contributed by atoms with E-state index in [0.717, 1.165) is 24.3 Å². The maximum Gasteiger partial charge on any atom is 0.227 e. The Bertz CT molecular complexity index is 1160. The van der Waals surface area contributed by atoms with Crippen LogP contribution in [-0.2, 0) is 11.2 Å². The molecular weight excluding hydrogens is 436 g/mol. The van der Waals surface area contributed by atoms with E-state index in [1.807, 2.05) is 24.3 Å². The third kappa shape index (κ3) is 5.52. The van der Waals surface area contributed by atoms with Crippen molar-refractivity contribution in [1.29, 1.82) is 0 Å². The SMILES string of the molecule is C=CC(=O)Cc1ccc(Cl)c(-c2nc(Nc3cccc(N4CCCCC4)c3)ncc2OC)c1. The molecule has 3 aromatic rings. The van der Waals surface area contributed by atoms with Gasteiger partial charge in [0.15, 0.2) is 11.5 Å². The summed E-state index contributed by atoms with van der Waals surface area (Å²) in [4.78, 5) is 23.3. The molecule has 4 rings (SSSR count). The monoisotopic (exact) mass is 462 g/mol. The number of carbonyl (C=O) groups is 1. The molecule has 0 radical (unpaired) electrons. The third-order valence-corrected chi connectivity index (χ3v) is 6.02. The van der Waals surface area contributed by atoms with Crippen molar-refractivity contribution in [3.8, 4) is 17.0 Å². The number of nitrogens with zero attached hydrogens (tertiary/aromatic N) is 3. The van der Waals surface area contributed by atoms with Crippen LogP contribution < -0.4 is 15.0 Å². The zero-order valence-electron chi connectivity index (χ0n) is 18.7. The average molecular weight is 463 g/mol. The van der Waals surface area contributed by atoms with E-state index < -0.39 is 0 Å². The first-order valence-electron chi connectivity index (χ1n) is 11.0. The van der Waals surface area contributed by atoms with E-state index in [1.54, 1.807) is 19.4 Å². The lowest BCUT2D eigenvalue weighted by atomic mass is 10.0. The second-order valence-corrected chi connectivity index (χ2v) is 8.40. The van der Waals surface area contributed by atoms with Gasteiger partial charge >= 0.3 is 0 Å². The van der Waals surface area contributed by atoms with Gasteiger partial charge in [-0.2, -0.15) is 0 Å². The molecule has 170 valence electrons. The van der Waals surface area contributed by atoms with Gasteiger partial charge in [-0.15, -0.1) is 0 Å². The van der Waals surface area contributed by atoms with Gasteiger partial charge in [0, 0.05) is 36.4 Å². The minimum Gasteiger partial charge on any atom is -0.493 e. The summed E-state index contributed by atoms with van der Waals surface area (Å²) in [5.41, 5.74) is 4.15. The summed E-state index contributed by atoms with van der Waals surface area (Å²) in [5, 5.41) is 3.82. The molecule has 1 aromatic heterocycles. The minimum absolute atomic E-state index is 0.0612. The van der Waals surface area contributed by atoms with E-state index in [4.69, 9.17) is 21.3 Å². The highest BCUT2D eigenvalue weighted by atomic mass is 35.5. The fourth-order valence-electron chi connectivity index (χ4n) is 3.97. The van der Waals surface area contributed by atoms with Gasteiger partial charge in [0.05, 0.1) is 18.3 Å². The highest BCUT2D eigenvalue weighted by molar-refractivity contribution is 6.33. The highest BCUT2D eigenvalue weighted by Gasteiger charge is 2.16. The lowest BCUT2D eigenvalue weighted by Crippen LogP contribution is -2.29. The molecule has 0 unspecified atom stereocenters. The first-order chi connectivity index (χ1) is 16.1. The number of hydrogen-bond donors (Lipinski definition) is 1. The van der Waals surface area contributed by atoms with Gasteiger partial charge in [-0.05, 0) is 61.2 Å². The number of rotatable bonds is 8. The molecule has 2 heterocycles. The summed E-state index contributed by atoms with van der Waals surface area (Å²) >= 11 is 6.50. The maximum absolute atomic E-state index is 11.8. The molecule has 6 nitrogen and oxygen atoms in total. The largest absolute Gasteiger partial charge is 0.493 e. The molecular formula is C26H27ClN4O2. The maximum atomic E-state index is 11.8. The first-order valence-corrected chi connectivity index (χ1v) is 11.4. The van der Waals surface area contributed by atoms with Gasteiger partial charge in [0.1, 0.15) is 5.69 Å². The van der Waals surface area contributed by atoms with Crippen molar-refractivity contribution in [3.63, 3.8) is 0 Å². The zero-order valence-corrected chi connectivity index (χ0v) is 19.4. The summed E-state index contributed by atoms with van der Waals surface area (Å²) in [5.74, 6) is 0.871. The number of ketones is 1. The van der Waals surface area contributed by atoms with E-state index in [9.17, 15) is 4.79 Å². The number of ether oxygens (including phenoxy) is 1. The quantitative estimate of drug-likeness (QED) is 0.424. The number of allylic oxidation sites excluding steroid dienone is 1. The van der Waals surface area contributed by atoms with Crippen LogP contribution in [0.4, 0.5) is 17.3 Å². The normalized spacial score (nSPS) is 13.5. The summed E-state index contributed by atoms with van der Waals surface area (Å²) in [6.07, 6.45) is 6.93. The summed E-state index contributed by atoms with van der Waals surface area (Å²) in [6.45, 7) is 5.70. The van der Waals surface area contributed by atoms with Crippen molar-refractivity contribution in [3.05, 3.63) is 71.9 Å². The van der Waals surface area contributed by atoms with Gasteiger partial charge in [-0.3, -0.25) is 4.79 Å². The molecule has 1 fully saturated rings. The lowest BCUT2D eigenvalue weighted by molar-refractivity contribution is -0.114. The van der Waals surface area contributed by atoms with Gasteiger partial charge < -0.3 is 15.0 Å². The van der Waals surface area contributed by atoms with E-state index in [0.29, 0.717) is 28.0 Å². The molecule has 1 aliphatic rings. The lowest BCUT2D eigenvalue weighted by Gasteiger charge is -2.29. The number of halogens is 1. The number of piperidine rings is 1. The smallest absolute Gasteiger partial charge is 0.227 e. The Morgan fingerprint density at radius 1 is 1.21 bits per heavy atom. The number of benzene rings is 2. The minimum atomic E-state index is -0.0612. The van der Waals surface area contributed by atoms with Gasteiger partial charge in [-0.25, -0.2) is 9.97 Å². The molecule has 2 aromatic carbocycles. The molecule has 33 heavy (non-hydrogen) atoms. The van der Waals surface area contributed by atoms with Crippen molar-refractivity contribution >= 4 is 34.7 Å². The van der Waals surface area contributed by atoms with Crippen LogP contribution in [0.1, 0.15) is 24.8 Å². The molecule has 0 atom stereocenters. The molecule has 0 aliphatic carbocycles. The molecule has 1 N–H and O–H groups in total. The number of anilines is 3. The van der Waals surface area contributed by atoms with Crippen LogP contribution in [-0.4, -0.2) is 36.0 Å².